The molecule has 1 rings (SSSR count). The average Bonchev–Trinajstić information content (AvgIpc) is 2.67. The number of likely N-dealkylation sites (N-methyl/N-ethyl adjacent to an activating group) is 2. The summed E-state index contributed by atoms with van der Waals surface area (Å²) in [5, 5.41) is 7.29. The first-order chi connectivity index (χ1) is 7.97. The minimum absolute atomic E-state index is 0.0252. The van der Waals surface area contributed by atoms with Crippen molar-refractivity contribution in [2.45, 2.75) is 19.8 Å². The molecule has 0 bridgehead atoms. The van der Waals surface area contributed by atoms with Crippen LogP contribution >= 0.6 is 0 Å². The van der Waals surface area contributed by atoms with Crippen molar-refractivity contribution in [2.24, 2.45) is 7.05 Å². The molecule has 0 aliphatic carbocycles. The zero-order valence-electron chi connectivity index (χ0n) is 11.3. The summed E-state index contributed by atoms with van der Waals surface area (Å²) in [5.41, 5.74) is 1.60. The number of nitrogens with zero attached hydrogens (tertiary/aromatic N) is 3. The summed E-state index contributed by atoms with van der Waals surface area (Å²) in [6.45, 7) is 5.65. The van der Waals surface area contributed by atoms with E-state index in [0.29, 0.717) is 18.2 Å². The smallest absolute Gasteiger partial charge is 0.274 e. The molecule has 0 aromatic carbocycles. The van der Waals surface area contributed by atoms with E-state index in [4.69, 9.17) is 0 Å². The quantitative estimate of drug-likeness (QED) is 0.827. The van der Waals surface area contributed by atoms with E-state index in [1.165, 1.54) is 0 Å². The van der Waals surface area contributed by atoms with Gasteiger partial charge in [-0.05, 0) is 19.0 Å². The van der Waals surface area contributed by atoms with Gasteiger partial charge < -0.3 is 10.2 Å². The van der Waals surface area contributed by atoms with Crippen LogP contribution in [0, 0.1) is 0 Å². The van der Waals surface area contributed by atoms with Crippen LogP contribution in [0.4, 0.5) is 0 Å². The van der Waals surface area contributed by atoms with Crippen LogP contribution in [-0.4, -0.2) is 47.8 Å². The van der Waals surface area contributed by atoms with Crippen molar-refractivity contribution in [3.05, 3.63) is 17.5 Å². The summed E-state index contributed by atoms with van der Waals surface area (Å²) in [6, 6.07) is 1.88. The second kappa shape index (κ2) is 5.82. The van der Waals surface area contributed by atoms with Gasteiger partial charge in [0.05, 0.1) is 0 Å². The van der Waals surface area contributed by atoms with Crippen LogP contribution in [0.15, 0.2) is 6.07 Å². The number of amides is 1. The van der Waals surface area contributed by atoms with Crippen LogP contribution in [0.25, 0.3) is 0 Å². The van der Waals surface area contributed by atoms with Crippen molar-refractivity contribution in [3.8, 4) is 0 Å². The molecule has 1 amide bonds. The molecule has 5 heteroatoms. The largest absolute Gasteiger partial charge is 0.339 e. The number of hydrogen-bond acceptors (Lipinski definition) is 3. The summed E-state index contributed by atoms with van der Waals surface area (Å²) in [6.07, 6.45) is 0. The lowest BCUT2D eigenvalue weighted by Gasteiger charge is -2.14. The van der Waals surface area contributed by atoms with E-state index in [1.54, 1.807) is 16.6 Å². The van der Waals surface area contributed by atoms with Gasteiger partial charge in [0.25, 0.3) is 5.91 Å². The molecule has 0 radical (unpaired) electrons. The lowest BCUT2D eigenvalue weighted by molar-refractivity contribution is 0.0790. The van der Waals surface area contributed by atoms with E-state index < -0.39 is 0 Å². The van der Waals surface area contributed by atoms with Crippen molar-refractivity contribution in [3.63, 3.8) is 0 Å². The molecule has 0 saturated carbocycles. The number of hydrogen-bond donors (Lipinski definition) is 1. The Morgan fingerprint density at radius 3 is 2.71 bits per heavy atom. The number of carbonyl (C=O) groups excluding carboxylic acids is 1. The maximum atomic E-state index is 12.1. The van der Waals surface area contributed by atoms with Crippen LogP contribution in [0.5, 0.6) is 0 Å². The Labute approximate surface area is 103 Å². The van der Waals surface area contributed by atoms with Gasteiger partial charge in [0.15, 0.2) is 5.69 Å². The number of aryl methyl sites for hydroxylation is 1. The molecule has 1 N–H and O–H groups in total. The molecule has 0 spiro atoms. The van der Waals surface area contributed by atoms with Gasteiger partial charge in [0.1, 0.15) is 0 Å². The molecule has 0 unspecified atom stereocenters. The van der Waals surface area contributed by atoms with Gasteiger partial charge in [-0.1, -0.05) is 13.8 Å². The van der Waals surface area contributed by atoms with Gasteiger partial charge >= 0.3 is 0 Å². The molecule has 0 aliphatic heterocycles. The Morgan fingerprint density at radius 1 is 1.59 bits per heavy atom. The first-order valence-electron chi connectivity index (χ1n) is 5.91. The number of aromatic nitrogens is 2. The van der Waals surface area contributed by atoms with Crippen LogP contribution in [-0.2, 0) is 7.05 Å². The Hall–Kier alpha value is -1.36. The van der Waals surface area contributed by atoms with Gasteiger partial charge in [-0.3, -0.25) is 9.48 Å². The maximum Gasteiger partial charge on any atom is 0.274 e. The second-order valence-corrected chi connectivity index (χ2v) is 4.56. The van der Waals surface area contributed by atoms with Gasteiger partial charge in [0.2, 0.25) is 0 Å². The fourth-order valence-electron chi connectivity index (χ4n) is 1.70. The Kier molecular flexibility index (Phi) is 4.69. The van der Waals surface area contributed by atoms with E-state index in [1.807, 2.05) is 20.2 Å². The molecule has 5 nitrogen and oxygen atoms in total. The summed E-state index contributed by atoms with van der Waals surface area (Å²) in [4.78, 5) is 13.7. The minimum atomic E-state index is -0.0252. The monoisotopic (exact) mass is 238 g/mol. The molecule has 1 aromatic rings. The predicted molar refractivity (Wildman–Crippen MR) is 68.2 cm³/mol. The first kappa shape index (κ1) is 13.7. The second-order valence-electron chi connectivity index (χ2n) is 4.56. The fourth-order valence-corrected chi connectivity index (χ4v) is 1.70. The van der Waals surface area contributed by atoms with Crippen molar-refractivity contribution in [1.29, 1.82) is 0 Å². The number of rotatable bonds is 5. The van der Waals surface area contributed by atoms with E-state index in [9.17, 15) is 4.79 Å². The molecule has 96 valence electrons. The van der Waals surface area contributed by atoms with Crippen LogP contribution in [0.3, 0.4) is 0 Å². The van der Waals surface area contributed by atoms with Crippen molar-refractivity contribution in [1.82, 2.24) is 20.0 Å². The predicted octanol–water partition coefficient (Wildman–Crippen LogP) is 0.835. The van der Waals surface area contributed by atoms with Crippen LogP contribution in [0.1, 0.15) is 35.9 Å². The zero-order valence-corrected chi connectivity index (χ0v) is 11.3. The molecule has 1 heterocycles. The van der Waals surface area contributed by atoms with Gasteiger partial charge in [-0.2, -0.15) is 5.10 Å². The molecule has 17 heavy (non-hydrogen) atoms. The molecular weight excluding hydrogens is 216 g/mol. The van der Waals surface area contributed by atoms with Gasteiger partial charge in [-0.25, -0.2) is 0 Å². The third kappa shape index (κ3) is 3.30. The standard InChI is InChI=1S/C12H22N4O/c1-9(2)11-8-10(14-16(11)5)12(17)15(4)7-6-13-3/h8-9,13H,6-7H2,1-5H3. The van der Waals surface area contributed by atoms with Crippen LogP contribution < -0.4 is 5.32 Å². The highest BCUT2D eigenvalue weighted by Crippen LogP contribution is 2.15. The Morgan fingerprint density at radius 2 is 2.24 bits per heavy atom. The summed E-state index contributed by atoms with van der Waals surface area (Å²) >= 11 is 0. The van der Waals surface area contributed by atoms with E-state index >= 15 is 0 Å². The maximum absolute atomic E-state index is 12.1. The third-order valence-corrected chi connectivity index (χ3v) is 2.77. The van der Waals surface area contributed by atoms with Crippen molar-refractivity contribution >= 4 is 5.91 Å². The SMILES string of the molecule is CNCCN(C)C(=O)c1cc(C(C)C)n(C)n1. The van der Waals surface area contributed by atoms with E-state index in [2.05, 4.69) is 24.3 Å². The first-order valence-corrected chi connectivity index (χ1v) is 5.91. The summed E-state index contributed by atoms with van der Waals surface area (Å²) in [5.74, 6) is 0.347. The van der Waals surface area contributed by atoms with E-state index in [0.717, 1.165) is 12.2 Å². The molecule has 0 aliphatic rings. The third-order valence-electron chi connectivity index (χ3n) is 2.77. The van der Waals surface area contributed by atoms with Crippen LogP contribution in [0.2, 0.25) is 0 Å². The molecule has 0 saturated heterocycles. The topological polar surface area (TPSA) is 50.2 Å². The molecule has 0 fully saturated rings. The fraction of sp³-hybridized carbons (Fsp3) is 0.667. The molecule has 0 atom stereocenters. The Bertz CT molecular complexity index is 384. The lowest BCUT2D eigenvalue weighted by Crippen LogP contribution is -2.33. The number of nitrogens with one attached hydrogen (secondary N) is 1. The normalized spacial score (nSPS) is 10.9. The highest BCUT2D eigenvalue weighted by molar-refractivity contribution is 5.92. The van der Waals surface area contributed by atoms with Crippen molar-refractivity contribution < 1.29 is 4.79 Å². The molecule has 1 aromatic heterocycles. The number of carbonyl (C=O) groups is 1. The lowest BCUT2D eigenvalue weighted by atomic mass is 10.1. The van der Waals surface area contributed by atoms with E-state index in [-0.39, 0.29) is 5.91 Å². The highest BCUT2D eigenvalue weighted by atomic mass is 16.2. The van der Waals surface area contributed by atoms with Gasteiger partial charge in [-0.15, -0.1) is 0 Å². The van der Waals surface area contributed by atoms with Gasteiger partial charge in [0, 0.05) is 32.9 Å². The summed E-state index contributed by atoms with van der Waals surface area (Å²) < 4.78 is 1.78. The zero-order chi connectivity index (χ0) is 13.0. The highest BCUT2D eigenvalue weighted by Gasteiger charge is 2.17. The Balaban J connectivity index is 2.79. The van der Waals surface area contributed by atoms with Crippen molar-refractivity contribution in [2.75, 3.05) is 27.2 Å². The summed E-state index contributed by atoms with van der Waals surface area (Å²) in [7, 11) is 5.54. The minimum Gasteiger partial charge on any atom is -0.339 e. The molecular formula is C12H22N4O. The average molecular weight is 238 g/mol.